The van der Waals surface area contributed by atoms with Crippen LogP contribution in [-0.2, 0) is 13.0 Å². The maximum absolute atomic E-state index is 13.6. The van der Waals surface area contributed by atoms with E-state index in [0.717, 1.165) is 17.3 Å². The highest BCUT2D eigenvalue weighted by Gasteiger charge is 2.27. The van der Waals surface area contributed by atoms with E-state index in [-0.39, 0.29) is 12.7 Å². The first-order valence-corrected chi connectivity index (χ1v) is 8.80. The minimum Gasteiger partial charge on any atom is -0.454 e. The van der Waals surface area contributed by atoms with Crippen LogP contribution in [0.5, 0.6) is 11.5 Å². The van der Waals surface area contributed by atoms with E-state index in [2.05, 4.69) is 10.2 Å². The molecule has 0 bridgehead atoms. The molecule has 2 aliphatic heterocycles. The first-order chi connectivity index (χ1) is 13.6. The number of fused-ring (bicyclic) bond motifs is 2. The Morgan fingerprint density at radius 2 is 1.86 bits per heavy atom. The van der Waals surface area contributed by atoms with Crippen molar-refractivity contribution in [3.63, 3.8) is 0 Å². The van der Waals surface area contributed by atoms with Gasteiger partial charge in [-0.05, 0) is 30.3 Å². The summed E-state index contributed by atoms with van der Waals surface area (Å²) < 4.78 is 37.9. The van der Waals surface area contributed by atoms with Gasteiger partial charge in [0.15, 0.2) is 11.5 Å². The molecule has 6 nitrogen and oxygen atoms in total. The number of benzene rings is 2. The number of rotatable bonds is 2. The van der Waals surface area contributed by atoms with Crippen LogP contribution >= 0.6 is 0 Å². The van der Waals surface area contributed by atoms with E-state index in [9.17, 15) is 13.6 Å². The molecular formula is C20H15F2N3O3. The highest BCUT2D eigenvalue weighted by Crippen LogP contribution is 2.34. The third-order valence-corrected chi connectivity index (χ3v) is 4.98. The molecule has 0 atom stereocenters. The van der Waals surface area contributed by atoms with Crippen LogP contribution in [0.25, 0.3) is 11.3 Å². The van der Waals surface area contributed by atoms with Crippen molar-refractivity contribution < 1.29 is 23.0 Å². The quantitative estimate of drug-likeness (QED) is 0.738. The second-order valence-electron chi connectivity index (χ2n) is 6.73. The van der Waals surface area contributed by atoms with E-state index in [1.165, 1.54) is 12.1 Å². The van der Waals surface area contributed by atoms with E-state index < -0.39 is 11.6 Å². The van der Waals surface area contributed by atoms with Gasteiger partial charge in [0.1, 0.15) is 11.6 Å². The van der Waals surface area contributed by atoms with Crippen molar-refractivity contribution in [2.75, 3.05) is 13.3 Å². The van der Waals surface area contributed by atoms with Crippen molar-refractivity contribution in [1.29, 1.82) is 0 Å². The Hall–Kier alpha value is -3.42. The molecule has 3 aromatic rings. The summed E-state index contributed by atoms with van der Waals surface area (Å²) in [4.78, 5) is 14.7. The minimum absolute atomic E-state index is 0.141. The Balaban J connectivity index is 1.45. The van der Waals surface area contributed by atoms with Gasteiger partial charge in [0.2, 0.25) is 6.79 Å². The topological polar surface area (TPSA) is 67.5 Å². The molecule has 3 heterocycles. The zero-order valence-corrected chi connectivity index (χ0v) is 14.7. The smallest absolute Gasteiger partial charge is 0.254 e. The first-order valence-electron chi connectivity index (χ1n) is 8.80. The predicted octanol–water partition coefficient (Wildman–Crippen LogP) is 3.28. The van der Waals surface area contributed by atoms with Crippen molar-refractivity contribution in [2.45, 2.75) is 13.0 Å². The van der Waals surface area contributed by atoms with Gasteiger partial charge in [-0.1, -0.05) is 0 Å². The zero-order valence-electron chi connectivity index (χ0n) is 14.7. The van der Waals surface area contributed by atoms with Gasteiger partial charge in [0, 0.05) is 48.0 Å². The summed E-state index contributed by atoms with van der Waals surface area (Å²) in [6.07, 6.45) is 0.580. The van der Waals surface area contributed by atoms with E-state index in [0.29, 0.717) is 47.8 Å². The molecule has 1 aromatic heterocycles. The largest absolute Gasteiger partial charge is 0.454 e. The molecule has 28 heavy (non-hydrogen) atoms. The standard InChI is InChI=1S/C20H15F2N3O3/c21-13-5-12(6-14(22)8-13)19-15-9-25(4-3-16(15)23-24-19)20(26)11-1-2-17-18(7-11)28-10-27-17/h1-2,5-8H,3-4,9-10H2,(H,23,24). The molecule has 0 saturated heterocycles. The summed E-state index contributed by atoms with van der Waals surface area (Å²) in [7, 11) is 0. The van der Waals surface area contributed by atoms with Crippen LogP contribution in [0, 0.1) is 11.6 Å². The van der Waals surface area contributed by atoms with Crippen LogP contribution in [0.3, 0.4) is 0 Å². The fourth-order valence-electron chi connectivity index (χ4n) is 3.61. The van der Waals surface area contributed by atoms with Crippen LogP contribution in [0.15, 0.2) is 36.4 Å². The Morgan fingerprint density at radius 3 is 2.68 bits per heavy atom. The van der Waals surface area contributed by atoms with Crippen molar-refractivity contribution in [1.82, 2.24) is 15.1 Å². The van der Waals surface area contributed by atoms with Gasteiger partial charge >= 0.3 is 0 Å². The number of aromatic amines is 1. The van der Waals surface area contributed by atoms with Crippen LogP contribution in [0.2, 0.25) is 0 Å². The Labute approximate surface area is 158 Å². The van der Waals surface area contributed by atoms with Crippen LogP contribution in [-0.4, -0.2) is 34.3 Å². The lowest BCUT2D eigenvalue weighted by molar-refractivity contribution is 0.0734. The van der Waals surface area contributed by atoms with Gasteiger partial charge in [0.25, 0.3) is 5.91 Å². The van der Waals surface area contributed by atoms with Crippen molar-refractivity contribution >= 4 is 5.91 Å². The SMILES string of the molecule is O=C(c1ccc2c(c1)OCO2)N1CCc2[nH]nc(-c3cc(F)cc(F)c3)c2C1. The molecule has 0 aliphatic carbocycles. The van der Waals surface area contributed by atoms with Crippen molar-refractivity contribution in [2.24, 2.45) is 0 Å². The van der Waals surface area contributed by atoms with Gasteiger partial charge in [-0.25, -0.2) is 8.78 Å². The second-order valence-corrected chi connectivity index (χ2v) is 6.73. The highest BCUT2D eigenvalue weighted by atomic mass is 19.1. The lowest BCUT2D eigenvalue weighted by Gasteiger charge is -2.27. The molecule has 142 valence electrons. The monoisotopic (exact) mass is 383 g/mol. The number of nitrogens with zero attached hydrogens (tertiary/aromatic N) is 2. The Kier molecular flexibility index (Phi) is 3.78. The van der Waals surface area contributed by atoms with Gasteiger partial charge in [-0.3, -0.25) is 9.89 Å². The lowest BCUT2D eigenvalue weighted by atomic mass is 10.00. The number of hydrogen-bond acceptors (Lipinski definition) is 4. The molecule has 0 radical (unpaired) electrons. The predicted molar refractivity (Wildman–Crippen MR) is 94.9 cm³/mol. The number of carbonyl (C=O) groups excluding carboxylic acids is 1. The fourth-order valence-corrected chi connectivity index (χ4v) is 3.61. The summed E-state index contributed by atoms with van der Waals surface area (Å²) in [6.45, 7) is 0.953. The second kappa shape index (κ2) is 6.33. The van der Waals surface area contributed by atoms with Gasteiger partial charge < -0.3 is 14.4 Å². The molecule has 2 aromatic carbocycles. The molecule has 1 amide bonds. The summed E-state index contributed by atoms with van der Waals surface area (Å²) >= 11 is 0. The Morgan fingerprint density at radius 1 is 1.07 bits per heavy atom. The molecule has 0 fully saturated rings. The molecular weight excluding hydrogens is 368 g/mol. The number of H-pyrrole nitrogens is 1. The molecule has 0 spiro atoms. The maximum atomic E-state index is 13.6. The summed E-state index contributed by atoms with van der Waals surface area (Å²) in [5.41, 5.74) is 2.93. The molecule has 5 rings (SSSR count). The van der Waals surface area contributed by atoms with E-state index >= 15 is 0 Å². The number of ether oxygens (including phenoxy) is 2. The molecule has 1 N–H and O–H groups in total. The number of carbonyl (C=O) groups is 1. The number of aromatic nitrogens is 2. The van der Waals surface area contributed by atoms with Crippen LogP contribution < -0.4 is 9.47 Å². The minimum atomic E-state index is -0.671. The van der Waals surface area contributed by atoms with Crippen LogP contribution in [0.1, 0.15) is 21.6 Å². The number of nitrogens with one attached hydrogen (secondary N) is 1. The zero-order chi connectivity index (χ0) is 19.3. The first kappa shape index (κ1) is 16.7. The number of halogens is 2. The summed E-state index contributed by atoms with van der Waals surface area (Å²) in [5.74, 6) is -0.334. The van der Waals surface area contributed by atoms with Gasteiger partial charge in [-0.15, -0.1) is 0 Å². The Bertz CT molecular complexity index is 1080. The van der Waals surface area contributed by atoms with Gasteiger partial charge in [-0.2, -0.15) is 5.10 Å². The van der Waals surface area contributed by atoms with Gasteiger partial charge in [0.05, 0.1) is 5.69 Å². The van der Waals surface area contributed by atoms with Crippen molar-refractivity contribution in [3.05, 3.63) is 64.9 Å². The third kappa shape index (κ3) is 2.77. The van der Waals surface area contributed by atoms with E-state index in [1.54, 1.807) is 23.1 Å². The van der Waals surface area contributed by atoms with E-state index in [1.807, 2.05) is 0 Å². The average Bonchev–Trinajstić information content (AvgIpc) is 3.32. The highest BCUT2D eigenvalue weighted by molar-refractivity contribution is 5.95. The third-order valence-electron chi connectivity index (χ3n) is 4.98. The number of amides is 1. The number of hydrogen-bond donors (Lipinski definition) is 1. The molecule has 2 aliphatic rings. The molecule has 0 unspecified atom stereocenters. The van der Waals surface area contributed by atoms with Crippen molar-refractivity contribution in [3.8, 4) is 22.8 Å². The summed E-state index contributed by atoms with van der Waals surface area (Å²) in [5, 5.41) is 7.16. The molecule has 8 heteroatoms. The summed E-state index contributed by atoms with van der Waals surface area (Å²) in [6, 6.07) is 8.36. The van der Waals surface area contributed by atoms with E-state index in [4.69, 9.17) is 9.47 Å². The van der Waals surface area contributed by atoms with Crippen LogP contribution in [0.4, 0.5) is 8.78 Å². The molecule has 0 saturated carbocycles. The maximum Gasteiger partial charge on any atom is 0.254 e. The average molecular weight is 383 g/mol. The normalized spacial score (nSPS) is 14.9. The fraction of sp³-hybridized carbons (Fsp3) is 0.200. The lowest BCUT2D eigenvalue weighted by Crippen LogP contribution is -2.35.